The summed E-state index contributed by atoms with van der Waals surface area (Å²) >= 11 is 0. The van der Waals surface area contributed by atoms with Gasteiger partial charge in [-0.05, 0) is 24.9 Å². The van der Waals surface area contributed by atoms with Gasteiger partial charge in [0.1, 0.15) is 5.72 Å². The average Bonchev–Trinajstić information content (AvgIpc) is 2.54. The number of hydrogen-bond donors (Lipinski definition) is 2. The van der Waals surface area contributed by atoms with E-state index < -0.39 is 5.72 Å². The van der Waals surface area contributed by atoms with Gasteiger partial charge in [0.05, 0.1) is 0 Å². The molecule has 2 N–H and O–H groups in total. The first-order valence-corrected chi connectivity index (χ1v) is 4.80. The summed E-state index contributed by atoms with van der Waals surface area (Å²) in [5.41, 5.74) is 0.542. The fourth-order valence-electron chi connectivity index (χ4n) is 1.87. The van der Waals surface area contributed by atoms with E-state index in [1.54, 1.807) is 0 Å². The van der Waals surface area contributed by atoms with Crippen molar-refractivity contribution in [3.8, 4) is 0 Å². The molecule has 1 fully saturated rings. The van der Waals surface area contributed by atoms with Gasteiger partial charge in [0.15, 0.2) is 0 Å². The molecule has 2 heteroatoms. The Labute approximate surface area is 78.6 Å². The Morgan fingerprint density at radius 3 is 2.69 bits per heavy atom. The smallest absolute Gasteiger partial charge is 0.120 e. The molecule has 1 aliphatic heterocycles. The van der Waals surface area contributed by atoms with E-state index in [4.69, 9.17) is 0 Å². The molecule has 1 aromatic rings. The van der Waals surface area contributed by atoms with Gasteiger partial charge in [-0.1, -0.05) is 30.3 Å². The number of hydrogen-bond acceptors (Lipinski definition) is 2. The maximum absolute atomic E-state index is 10.0. The molecule has 2 rings (SSSR count). The van der Waals surface area contributed by atoms with Gasteiger partial charge in [-0.2, -0.15) is 0 Å². The minimum absolute atomic E-state index is 0.651. The van der Waals surface area contributed by atoms with Crippen molar-refractivity contribution in [3.05, 3.63) is 35.9 Å². The fourth-order valence-corrected chi connectivity index (χ4v) is 1.87. The monoisotopic (exact) mass is 177 g/mol. The quantitative estimate of drug-likeness (QED) is 0.713. The van der Waals surface area contributed by atoms with Crippen molar-refractivity contribution in [1.82, 2.24) is 5.32 Å². The zero-order chi connectivity index (χ0) is 9.15. The molecular weight excluding hydrogens is 162 g/mol. The van der Waals surface area contributed by atoms with Crippen LogP contribution in [0.1, 0.15) is 18.4 Å². The highest BCUT2D eigenvalue weighted by atomic mass is 16.3. The van der Waals surface area contributed by atoms with Crippen LogP contribution in [0.2, 0.25) is 0 Å². The van der Waals surface area contributed by atoms with Crippen LogP contribution < -0.4 is 5.32 Å². The van der Waals surface area contributed by atoms with Crippen LogP contribution in [0.15, 0.2) is 30.3 Å². The molecule has 0 saturated carbocycles. The molecule has 0 bridgehead atoms. The number of nitrogens with one attached hydrogen (secondary N) is 1. The van der Waals surface area contributed by atoms with Gasteiger partial charge in [-0.3, -0.25) is 5.32 Å². The standard InChI is InChI=1S/C11H15NO/c13-11(7-4-8-12-11)9-10-5-2-1-3-6-10/h1-3,5-6,12-13H,4,7-9H2/t11-/m1/s1. The van der Waals surface area contributed by atoms with Crippen molar-refractivity contribution in [2.75, 3.05) is 6.54 Å². The molecule has 1 aromatic carbocycles. The zero-order valence-corrected chi connectivity index (χ0v) is 7.66. The molecule has 1 aliphatic rings. The number of aliphatic hydroxyl groups is 1. The molecule has 0 radical (unpaired) electrons. The lowest BCUT2D eigenvalue weighted by molar-refractivity contribution is 0.0254. The first-order chi connectivity index (χ1) is 6.29. The van der Waals surface area contributed by atoms with Crippen LogP contribution in [0.4, 0.5) is 0 Å². The lowest BCUT2D eigenvalue weighted by Gasteiger charge is -2.22. The van der Waals surface area contributed by atoms with E-state index >= 15 is 0 Å². The largest absolute Gasteiger partial charge is 0.376 e. The molecule has 0 aromatic heterocycles. The van der Waals surface area contributed by atoms with Crippen molar-refractivity contribution in [2.45, 2.75) is 25.0 Å². The third-order valence-electron chi connectivity index (χ3n) is 2.56. The van der Waals surface area contributed by atoms with Gasteiger partial charge in [0, 0.05) is 6.42 Å². The Bertz CT molecular complexity index is 265. The highest BCUT2D eigenvalue weighted by Gasteiger charge is 2.30. The summed E-state index contributed by atoms with van der Waals surface area (Å²) in [6.07, 6.45) is 2.65. The first-order valence-electron chi connectivity index (χ1n) is 4.80. The third-order valence-corrected chi connectivity index (χ3v) is 2.56. The Kier molecular flexibility index (Phi) is 2.34. The van der Waals surface area contributed by atoms with Crippen LogP contribution in [-0.4, -0.2) is 17.4 Å². The van der Waals surface area contributed by atoms with Gasteiger partial charge in [-0.15, -0.1) is 0 Å². The highest BCUT2D eigenvalue weighted by Crippen LogP contribution is 2.20. The second-order valence-corrected chi connectivity index (χ2v) is 3.72. The normalized spacial score (nSPS) is 27.8. The minimum Gasteiger partial charge on any atom is -0.376 e. The predicted molar refractivity (Wildman–Crippen MR) is 52.3 cm³/mol. The lowest BCUT2D eigenvalue weighted by Crippen LogP contribution is -2.41. The fraction of sp³-hybridized carbons (Fsp3) is 0.455. The average molecular weight is 177 g/mol. The van der Waals surface area contributed by atoms with Gasteiger partial charge in [-0.25, -0.2) is 0 Å². The second-order valence-electron chi connectivity index (χ2n) is 3.72. The molecule has 13 heavy (non-hydrogen) atoms. The van der Waals surface area contributed by atoms with E-state index in [9.17, 15) is 5.11 Å². The van der Waals surface area contributed by atoms with E-state index in [0.717, 1.165) is 19.4 Å². The molecule has 1 heterocycles. The van der Waals surface area contributed by atoms with Gasteiger partial charge in [0.2, 0.25) is 0 Å². The summed E-state index contributed by atoms with van der Waals surface area (Å²) < 4.78 is 0. The summed E-state index contributed by atoms with van der Waals surface area (Å²) in [6.45, 7) is 0.934. The molecule has 1 atom stereocenters. The molecular formula is C11H15NO. The Morgan fingerprint density at radius 2 is 2.08 bits per heavy atom. The second kappa shape index (κ2) is 3.48. The van der Waals surface area contributed by atoms with Crippen LogP contribution in [-0.2, 0) is 6.42 Å². The lowest BCUT2D eigenvalue weighted by atomic mass is 10.0. The van der Waals surface area contributed by atoms with Crippen molar-refractivity contribution in [3.63, 3.8) is 0 Å². The molecule has 0 unspecified atom stereocenters. The molecule has 70 valence electrons. The molecule has 2 nitrogen and oxygen atoms in total. The van der Waals surface area contributed by atoms with Crippen molar-refractivity contribution in [1.29, 1.82) is 0 Å². The van der Waals surface area contributed by atoms with Gasteiger partial charge < -0.3 is 5.11 Å². The predicted octanol–water partition coefficient (Wildman–Crippen LogP) is 1.30. The van der Waals surface area contributed by atoms with Gasteiger partial charge >= 0.3 is 0 Å². The Hall–Kier alpha value is -0.860. The van der Waals surface area contributed by atoms with Crippen molar-refractivity contribution >= 4 is 0 Å². The first kappa shape index (κ1) is 8.73. The number of rotatable bonds is 2. The van der Waals surface area contributed by atoms with E-state index in [2.05, 4.69) is 17.4 Å². The molecule has 0 spiro atoms. The zero-order valence-electron chi connectivity index (χ0n) is 7.66. The summed E-state index contributed by atoms with van der Waals surface area (Å²) in [5, 5.41) is 13.2. The maximum atomic E-state index is 10.0. The Balaban J connectivity index is 2.05. The third kappa shape index (κ3) is 2.08. The van der Waals surface area contributed by atoms with Crippen molar-refractivity contribution in [2.24, 2.45) is 0 Å². The summed E-state index contributed by atoms with van der Waals surface area (Å²) in [4.78, 5) is 0. The van der Waals surface area contributed by atoms with E-state index in [0.29, 0.717) is 6.42 Å². The van der Waals surface area contributed by atoms with Crippen LogP contribution in [0.5, 0.6) is 0 Å². The van der Waals surface area contributed by atoms with E-state index in [1.807, 2.05) is 18.2 Å². The highest BCUT2D eigenvalue weighted by molar-refractivity contribution is 5.17. The maximum Gasteiger partial charge on any atom is 0.120 e. The van der Waals surface area contributed by atoms with Crippen LogP contribution in [0, 0.1) is 0 Å². The van der Waals surface area contributed by atoms with Crippen LogP contribution in [0.3, 0.4) is 0 Å². The molecule has 1 saturated heterocycles. The number of benzene rings is 1. The van der Waals surface area contributed by atoms with E-state index in [1.165, 1.54) is 5.56 Å². The summed E-state index contributed by atoms with van der Waals surface area (Å²) in [7, 11) is 0. The topological polar surface area (TPSA) is 32.3 Å². The van der Waals surface area contributed by atoms with Crippen LogP contribution >= 0.6 is 0 Å². The minimum atomic E-state index is -0.651. The SMILES string of the molecule is O[C@@]1(Cc2ccccc2)CCCN1. The van der Waals surface area contributed by atoms with Crippen LogP contribution in [0.25, 0.3) is 0 Å². The summed E-state index contributed by atoms with van der Waals surface area (Å²) in [5.74, 6) is 0. The van der Waals surface area contributed by atoms with Crippen molar-refractivity contribution < 1.29 is 5.11 Å². The Morgan fingerprint density at radius 1 is 1.31 bits per heavy atom. The van der Waals surface area contributed by atoms with Gasteiger partial charge in [0.25, 0.3) is 0 Å². The van der Waals surface area contributed by atoms with E-state index in [-0.39, 0.29) is 0 Å². The summed E-state index contributed by atoms with van der Waals surface area (Å²) in [6, 6.07) is 10.1. The molecule has 0 aliphatic carbocycles. The molecule has 0 amide bonds.